The molecule has 0 spiro atoms. The third-order valence-electron chi connectivity index (χ3n) is 5.13. The molecule has 2 aromatic carbocycles. The number of nitrogens with one attached hydrogen (secondary N) is 1. The van der Waals surface area contributed by atoms with Gasteiger partial charge in [-0.25, -0.2) is 0 Å². The first-order chi connectivity index (χ1) is 13.8. The van der Waals surface area contributed by atoms with E-state index in [-0.39, 0.29) is 18.2 Å². The van der Waals surface area contributed by atoms with Gasteiger partial charge in [-0.1, -0.05) is 17.7 Å². The van der Waals surface area contributed by atoms with Crippen LogP contribution in [0.3, 0.4) is 0 Å². The van der Waals surface area contributed by atoms with E-state index in [9.17, 15) is 9.59 Å². The number of hydrogen-bond donors (Lipinski definition) is 1. The minimum absolute atomic E-state index is 0.0589. The molecule has 0 bridgehead atoms. The molecule has 0 radical (unpaired) electrons. The number of aryl methyl sites for hydroxylation is 3. The maximum atomic E-state index is 12.5. The van der Waals surface area contributed by atoms with Gasteiger partial charge in [0.05, 0.1) is 0 Å². The highest BCUT2D eigenvalue weighted by molar-refractivity contribution is 5.96. The number of carbonyl (C=O) groups excluding carboxylic acids is 2. The van der Waals surface area contributed by atoms with Gasteiger partial charge in [0.1, 0.15) is 0 Å². The van der Waals surface area contributed by atoms with E-state index in [1.807, 2.05) is 45.0 Å². The van der Waals surface area contributed by atoms with Crippen LogP contribution in [0.15, 0.2) is 36.4 Å². The average molecular weight is 396 g/mol. The van der Waals surface area contributed by atoms with Gasteiger partial charge in [0.2, 0.25) is 11.8 Å². The van der Waals surface area contributed by atoms with E-state index in [1.54, 1.807) is 11.8 Å². The minimum Gasteiger partial charge on any atom is -0.372 e. The van der Waals surface area contributed by atoms with Gasteiger partial charge in [-0.15, -0.1) is 0 Å². The predicted molar refractivity (Wildman–Crippen MR) is 122 cm³/mol. The summed E-state index contributed by atoms with van der Waals surface area (Å²) in [6.45, 7) is 14.1. The van der Waals surface area contributed by atoms with Crippen LogP contribution in [0.25, 0.3) is 0 Å². The van der Waals surface area contributed by atoms with Gasteiger partial charge in [-0.05, 0) is 70.0 Å². The Morgan fingerprint density at radius 1 is 0.931 bits per heavy atom. The minimum atomic E-state index is -0.103. The fourth-order valence-corrected chi connectivity index (χ4v) is 3.81. The van der Waals surface area contributed by atoms with E-state index in [4.69, 9.17) is 0 Å². The number of amides is 2. The molecule has 0 unspecified atom stereocenters. The fourth-order valence-electron chi connectivity index (χ4n) is 3.81. The molecule has 0 aliphatic carbocycles. The molecule has 5 nitrogen and oxygen atoms in total. The Kier molecular flexibility index (Phi) is 7.82. The normalized spacial score (nSPS) is 10.6. The van der Waals surface area contributed by atoms with E-state index < -0.39 is 0 Å². The number of anilines is 3. The highest BCUT2D eigenvalue weighted by Gasteiger charge is 2.18. The molecule has 0 aromatic heterocycles. The number of rotatable bonds is 8. The van der Waals surface area contributed by atoms with Crippen molar-refractivity contribution in [1.29, 1.82) is 0 Å². The number of carbonyl (C=O) groups is 2. The molecule has 1 N–H and O–H groups in total. The number of nitrogens with zero attached hydrogens (tertiary/aromatic N) is 2. The average Bonchev–Trinajstić information content (AvgIpc) is 2.65. The molecule has 0 saturated carbocycles. The van der Waals surface area contributed by atoms with Crippen LogP contribution in [-0.4, -0.2) is 31.4 Å². The summed E-state index contributed by atoms with van der Waals surface area (Å²) in [4.78, 5) is 28.7. The number of benzene rings is 2. The Balaban J connectivity index is 2.04. The Hall–Kier alpha value is -2.82. The van der Waals surface area contributed by atoms with Crippen molar-refractivity contribution in [3.05, 3.63) is 53.1 Å². The first-order valence-corrected chi connectivity index (χ1v) is 10.3. The summed E-state index contributed by atoms with van der Waals surface area (Å²) in [6.07, 6.45) is 0.240. The molecule has 0 fully saturated rings. The monoisotopic (exact) mass is 395 g/mol. The van der Waals surface area contributed by atoms with Crippen LogP contribution >= 0.6 is 0 Å². The highest BCUT2D eigenvalue weighted by Crippen LogP contribution is 2.27. The SMILES string of the molecule is CCN(CC)c1ccc(NC(=O)CCN(C(C)=O)c2c(C)cc(C)cc2C)cc1. The van der Waals surface area contributed by atoms with Crippen LogP contribution in [0.2, 0.25) is 0 Å². The third-order valence-corrected chi connectivity index (χ3v) is 5.13. The van der Waals surface area contributed by atoms with Gasteiger partial charge >= 0.3 is 0 Å². The second kappa shape index (κ2) is 10.1. The molecular formula is C24H33N3O2. The van der Waals surface area contributed by atoms with Crippen LogP contribution < -0.4 is 15.1 Å². The van der Waals surface area contributed by atoms with Gasteiger partial charge in [-0.3, -0.25) is 9.59 Å². The van der Waals surface area contributed by atoms with E-state index in [2.05, 4.69) is 36.2 Å². The van der Waals surface area contributed by atoms with Crippen molar-refractivity contribution in [3.8, 4) is 0 Å². The molecule has 5 heteroatoms. The van der Waals surface area contributed by atoms with Crippen LogP contribution in [-0.2, 0) is 9.59 Å². The molecule has 29 heavy (non-hydrogen) atoms. The lowest BCUT2D eigenvalue weighted by Gasteiger charge is -2.25. The molecule has 2 rings (SSSR count). The van der Waals surface area contributed by atoms with Gasteiger partial charge in [0.25, 0.3) is 0 Å². The molecule has 2 aromatic rings. The zero-order valence-electron chi connectivity index (χ0n) is 18.5. The Morgan fingerprint density at radius 3 is 1.97 bits per heavy atom. The van der Waals surface area contributed by atoms with Crippen LogP contribution in [0, 0.1) is 20.8 Å². The Bertz CT molecular complexity index is 832. The Labute approximate surface area is 174 Å². The number of hydrogen-bond acceptors (Lipinski definition) is 3. The van der Waals surface area contributed by atoms with E-state index >= 15 is 0 Å². The summed E-state index contributed by atoms with van der Waals surface area (Å²) < 4.78 is 0. The van der Waals surface area contributed by atoms with Crippen LogP contribution in [0.5, 0.6) is 0 Å². The standard InChI is InChI=1S/C24H33N3O2/c1-7-26(8-2)22-11-9-21(10-12-22)25-23(29)13-14-27(20(6)28)24-18(4)15-17(3)16-19(24)5/h9-12,15-16H,7-8,13-14H2,1-6H3,(H,25,29). The summed E-state index contributed by atoms with van der Waals surface area (Å²) in [5.41, 5.74) is 6.07. The molecule has 2 amide bonds. The fraction of sp³-hybridized carbons (Fsp3) is 0.417. The molecule has 0 aliphatic heterocycles. The zero-order chi connectivity index (χ0) is 21.6. The van der Waals surface area contributed by atoms with Crippen molar-refractivity contribution in [1.82, 2.24) is 0 Å². The first-order valence-electron chi connectivity index (χ1n) is 10.3. The van der Waals surface area contributed by atoms with Gasteiger partial charge < -0.3 is 15.1 Å². The smallest absolute Gasteiger partial charge is 0.226 e. The second-order valence-corrected chi connectivity index (χ2v) is 7.44. The largest absolute Gasteiger partial charge is 0.372 e. The molecule has 156 valence electrons. The van der Waals surface area contributed by atoms with Crippen molar-refractivity contribution >= 4 is 28.9 Å². The molecule has 0 heterocycles. The molecular weight excluding hydrogens is 362 g/mol. The predicted octanol–water partition coefficient (Wildman–Crippen LogP) is 4.84. The van der Waals surface area contributed by atoms with Crippen molar-refractivity contribution in [3.63, 3.8) is 0 Å². The van der Waals surface area contributed by atoms with Crippen LogP contribution in [0.1, 0.15) is 43.9 Å². The lowest BCUT2D eigenvalue weighted by molar-refractivity contribution is -0.117. The maximum Gasteiger partial charge on any atom is 0.226 e. The molecule has 0 saturated heterocycles. The lowest BCUT2D eigenvalue weighted by Crippen LogP contribution is -2.33. The Morgan fingerprint density at radius 2 is 1.48 bits per heavy atom. The topological polar surface area (TPSA) is 52.7 Å². The first kappa shape index (κ1) is 22.5. The highest BCUT2D eigenvalue weighted by atomic mass is 16.2. The van der Waals surface area contributed by atoms with Gasteiger partial charge in [0.15, 0.2) is 0 Å². The van der Waals surface area contributed by atoms with E-state index in [0.717, 1.165) is 46.8 Å². The summed E-state index contributed by atoms with van der Waals surface area (Å²) >= 11 is 0. The van der Waals surface area contributed by atoms with Crippen molar-refractivity contribution in [2.24, 2.45) is 0 Å². The van der Waals surface area contributed by atoms with Crippen LogP contribution in [0.4, 0.5) is 17.1 Å². The van der Waals surface area contributed by atoms with E-state index in [1.165, 1.54) is 0 Å². The van der Waals surface area contributed by atoms with Gasteiger partial charge in [0, 0.05) is 50.0 Å². The summed E-state index contributed by atoms with van der Waals surface area (Å²) in [5, 5.41) is 2.93. The summed E-state index contributed by atoms with van der Waals surface area (Å²) in [6, 6.07) is 12.0. The summed E-state index contributed by atoms with van der Waals surface area (Å²) in [7, 11) is 0. The second-order valence-electron chi connectivity index (χ2n) is 7.44. The van der Waals surface area contributed by atoms with Crippen molar-refractivity contribution in [2.75, 3.05) is 34.8 Å². The molecule has 0 aliphatic rings. The maximum absolute atomic E-state index is 12.5. The van der Waals surface area contributed by atoms with Crippen molar-refractivity contribution in [2.45, 2.75) is 48.0 Å². The van der Waals surface area contributed by atoms with E-state index in [0.29, 0.717) is 6.54 Å². The lowest BCUT2D eigenvalue weighted by atomic mass is 10.0. The zero-order valence-corrected chi connectivity index (χ0v) is 18.5. The van der Waals surface area contributed by atoms with Crippen molar-refractivity contribution < 1.29 is 9.59 Å². The third kappa shape index (κ3) is 5.83. The molecule has 0 atom stereocenters. The quantitative estimate of drug-likeness (QED) is 0.696. The van der Waals surface area contributed by atoms with Gasteiger partial charge in [-0.2, -0.15) is 0 Å². The summed E-state index contributed by atoms with van der Waals surface area (Å²) in [5.74, 6) is -0.161.